The zero-order chi connectivity index (χ0) is 16.9. The molecule has 0 aliphatic heterocycles. The fraction of sp³-hybridized carbons (Fsp3) is 0.200. The standard InChI is InChI=1S/C15H14N4O2S3/c1-10(20)19(12-5-3-4-6-13(12)21-2)14-17-11(7-22-14)8-23-15-18-16-9-24-15/h3-7,9H,8H2,1-2H3. The number of amides is 1. The summed E-state index contributed by atoms with van der Waals surface area (Å²) >= 11 is 4.50. The summed E-state index contributed by atoms with van der Waals surface area (Å²) in [6.07, 6.45) is 0. The molecule has 0 atom stereocenters. The van der Waals surface area contributed by atoms with E-state index < -0.39 is 0 Å². The lowest BCUT2D eigenvalue weighted by Crippen LogP contribution is -2.23. The number of carbonyl (C=O) groups excluding carboxylic acids is 1. The zero-order valence-corrected chi connectivity index (χ0v) is 15.5. The monoisotopic (exact) mass is 378 g/mol. The topological polar surface area (TPSA) is 68.2 Å². The molecule has 0 bridgehead atoms. The fourth-order valence-corrected chi connectivity index (χ4v) is 4.41. The van der Waals surface area contributed by atoms with E-state index in [-0.39, 0.29) is 5.91 Å². The van der Waals surface area contributed by atoms with Gasteiger partial charge in [0.15, 0.2) is 9.47 Å². The molecule has 24 heavy (non-hydrogen) atoms. The second-order valence-corrected chi connectivity index (χ2v) is 7.53. The highest BCUT2D eigenvalue weighted by molar-refractivity contribution is 8.00. The van der Waals surface area contributed by atoms with Crippen LogP contribution in [-0.4, -0.2) is 28.2 Å². The molecule has 0 aliphatic carbocycles. The molecule has 3 rings (SSSR count). The first-order valence-corrected chi connectivity index (χ1v) is 9.70. The lowest BCUT2D eigenvalue weighted by molar-refractivity contribution is -0.115. The summed E-state index contributed by atoms with van der Waals surface area (Å²) < 4.78 is 6.27. The number of rotatable bonds is 6. The smallest absolute Gasteiger partial charge is 0.230 e. The van der Waals surface area contributed by atoms with Gasteiger partial charge in [0.2, 0.25) is 5.91 Å². The lowest BCUT2D eigenvalue weighted by atomic mass is 10.2. The maximum Gasteiger partial charge on any atom is 0.230 e. The summed E-state index contributed by atoms with van der Waals surface area (Å²) in [7, 11) is 1.59. The van der Waals surface area contributed by atoms with Crippen molar-refractivity contribution in [1.29, 1.82) is 0 Å². The molecule has 1 aromatic carbocycles. The van der Waals surface area contributed by atoms with Crippen LogP contribution in [0.25, 0.3) is 0 Å². The molecule has 1 amide bonds. The fourth-order valence-electron chi connectivity index (χ4n) is 2.05. The minimum Gasteiger partial charge on any atom is -0.495 e. The van der Waals surface area contributed by atoms with Gasteiger partial charge in [0.05, 0.1) is 18.5 Å². The number of methoxy groups -OCH3 is 1. The van der Waals surface area contributed by atoms with Crippen molar-refractivity contribution in [3.05, 3.63) is 40.8 Å². The minimum atomic E-state index is -0.114. The van der Waals surface area contributed by atoms with E-state index in [9.17, 15) is 4.79 Å². The van der Waals surface area contributed by atoms with E-state index >= 15 is 0 Å². The zero-order valence-electron chi connectivity index (χ0n) is 13.0. The molecule has 6 nitrogen and oxygen atoms in total. The molecule has 0 fully saturated rings. The Hall–Kier alpha value is -1.97. The number of ether oxygens (including phenoxy) is 1. The van der Waals surface area contributed by atoms with Gasteiger partial charge in [-0.3, -0.25) is 9.69 Å². The summed E-state index contributed by atoms with van der Waals surface area (Å²) in [5, 5.41) is 10.4. The van der Waals surface area contributed by atoms with Gasteiger partial charge in [-0.15, -0.1) is 21.5 Å². The van der Waals surface area contributed by atoms with E-state index in [0.29, 0.717) is 22.3 Å². The first-order valence-electron chi connectivity index (χ1n) is 6.96. The number of benzene rings is 1. The molecule has 2 aromatic heterocycles. The van der Waals surface area contributed by atoms with Gasteiger partial charge in [-0.1, -0.05) is 35.2 Å². The third-order valence-corrected chi connectivity index (χ3v) is 5.82. The summed E-state index contributed by atoms with van der Waals surface area (Å²) in [4.78, 5) is 18.3. The third-order valence-electron chi connectivity index (χ3n) is 3.06. The van der Waals surface area contributed by atoms with Crippen molar-refractivity contribution in [3.63, 3.8) is 0 Å². The molecule has 0 saturated heterocycles. The van der Waals surface area contributed by atoms with Crippen molar-refractivity contribution in [1.82, 2.24) is 15.2 Å². The quantitative estimate of drug-likeness (QED) is 0.604. The highest BCUT2D eigenvalue weighted by Crippen LogP contribution is 2.36. The molecule has 124 valence electrons. The molecule has 2 heterocycles. The van der Waals surface area contributed by atoms with E-state index in [1.165, 1.54) is 29.6 Å². The summed E-state index contributed by atoms with van der Waals surface area (Å²) in [5.74, 6) is 1.20. The van der Waals surface area contributed by atoms with Crippen molar-refractivity contribution < 1.29 is 9.53 Å². The minimum absolute atomic E-state index is 0.114. The number of hydrogen-bond acceptors (Lipinski definition) is 8. The average molecular weight is 379 g/mol. The Morgan fingerprint density at radius 3 is 2.88 bits per heavy atom. The van der Waals surface area contributed by atoms with Crippen LogP contribution in [0.5, 0.6) is 5.75 Å². The van der Waals surface area contributed by atoms with Crippen LogP contribution in [0.2, 0.25) is 0 Å². The second-order valence-electron chi connectivity index (χ2n) is 4.64. The predicted molar refractivity (Wildman–Crippen MR) is 97.4 cm³/mol. The maximum atomic E-state index is 12.2. The van der Waals surface area contributed by atoms with Crippen LogP contribution >= 0.6 is 34.4 Å². The number of carbonyl (C=O) groups is 1. The number of anilines is 2. The molecule has 0 aliphatic rings. The first-order chi connectivity index (χ1) is 11.7. The Kier molecular flexibility index (Phi) is 5.44. The van der Waals surface area contributed by atoms with Gasteiger partial charge >= 0.3 is 0 Å². The van der Waals surface area contributed by atoms with Crippen LogP contribution in [-0.2, 0) is 10.5 Å². The van der Waals surface area contributed by atoms with Gasteiger partial charge in [-0.2, -0.15) is 0 Å². The van der Waals surface area contributed by atoms with Crippen molar-refractivity contribution in [2.75, 3.05) is 12.0 Å². The first kappa shape index (κ1) is 16.9. The predicted octanol–water partition coefficient (Wildman–Crippen LogP) is 3.98. The second kappa shape index (κ2) is 7.73. The SMILES string of the molecule is COc1ccccc1N(C(C)=O)c1nc(CSc2nncs2)cs1. The van der Waals surface area contributed by atoms with E-state index in [0.717, 1.165) is 10.0 Å². The molecule has 0 N–H and O–H groups in total. The molecular weight excluding hydrogens is 364 g/mol. The van der Waals surface area contributed by atoms with Crippen LogP contribution < -0.4 is 9.64 Å². The number of para-hydroxylation sites is 2. The number of hydrogen-bond donors (Lipinski definition) is 0. The van der Waals surface area contributed by atoms with Gasteiger partial charge in [0.1, 0.15) is 11.3 Å². The Labute approximate surface area is 151 Å². The Morgan fingerprint density at radius 2 is 2.17 bits per heavy atom. The van der Waals surface area contributed by atoms with E-state index in [1.807, 2.05) is 29.6 Å². The van der Waals surface area contributed by atoms with Gasteiger partial charge < -0.3 is 4.74 Å². The Balaban J connectivity index is 1.83. The third kappa shape index (κ3) is 3.74. The van der Waals surface area contributed by atoms with Crippen LogP contribution in [0.1, 0.15) is 12.6 Å². The van der Waals surface area contributed by atoms with Crippen molar-refractivity contribution in [3.8, 4) is 5.75 Å². The number of aromatic nitrogens is 3. The molecule has 9 heteroatoms. The maximum absolute atomic E-state index is 12.2. The molecule has 0 saturated carbocycles. The molecule has 3 aromatic rings. The summed E-state index contributed by atoms with van der Waals surface area (Å²) in [6.45, 7) is 1.52. The lowest BCUT2D eigenvalue weighted by Gasteiger charge is -2.20. The summed E-state index contributed by atoms with van der Waals surface area (Å²) in [5.41, 5.74) is 3.29. The van der Waals surface area contributed by atoms with Crippen LogP contribution in [0.3, 0.4) is 0 Å². The Bertz CT molecular complexity index is 820. The normalized spacial score (nSPS) is 10.6. The highest BCUT2D eigenvalue weighted by Gasteiger charge is 2.21. The van der Waals surface area contributed by atoms with Gasteiger partial charge in [0, 0.05) is 18.1 Å². The number of nitrogens with zero attached hydrogens (tertiary/aromatic N) is 4. The van der Waals surface area contributed by atoms with E-state index in [4.69, 9.17) is 4.74 Å². The molecule has 0 radical (unpaired) electrons. The number of thiazole rings is 1. The van der Waals surface area contributed by atoms with E-state index in [2.05, 4.69) is 15.2 Å². The van der Waals surface area contributed by atoms with Gasteiger partial charge in [-0.05, 0) is 12.1 Å². The van der Waals surface area contributed by atoms with Gasteiger partial charge in [-0.25, -0.2) is 4.98 Å². The summed E-state index contributed by atoms with van der Waals surface area (Å²) in [6, 6.07) is 7.41. The van der Waals surface area contributed by atoms with Crippen LogP contribution in [0.4, 0.5) is 10.8 Å². The molecular formula is C15H14N4O2S3. The number of thioether (sulfide) groups is 1. The van der Waals surface area contributed by atoms with E-state index in [1.54, 1.807) is 29.3 Å². The van der Waals surface area contributed by atoms with Crippen molar-refractivity contribution >= 4 is 51.2 Å². The molecule has 0 unspecified atom stereocenters. The van der Waals surface area contributed by atoms with Crippen LogP contribution in [0.15, 0.2) is 39.5 Å². The Morgan fingerprint density at radius 1 is 1.33 bits per heavy atom. The van der Waals surface area contributed by atoms with Crippen molar-refractivity contribution in [2.45, 2.75) is 17.0 Å². The largest absolute Gasteiger partial charge is 0.495 e. The van der Waals surface area contributed by atoms with Crippen molar-refractivity contribution in [2.24, 2.45) is 0 Å². The average Bonchev–Trinajstić information content (AvgIpc) is 3.25. The highest BCUT2D eigenvalue weighted by atomic mass is 32.2. The molecule has 0 spiro atoms. The van der Waals surface area contributed by atoms with Gasteiger partial charge in [0.25, 0.3) is 0 Å². The van der Waals surface area contributed by atoms with Crippen LogP contribution in [0, 0.1) is 0 Å².